The average molecular weight is 395 g/mol. The van der Waals surface area contributed by atoms with Crippen LogP contribution in [0.3, 0.4) is 0 Å². The third-order valence-corrected chi connectivity index (χ3v) is 3.67. The molecule has 0 aromatic heterocycles. The number of oxime groups is 1. The Labute approximate surface area is 147 Å². The third kappa shape index (κ3) is 4.45. The molecule has 0 radical (unpaired) electrons. The van der Waals surface area contributed by atoms with Crippen LogP contribution >= 0.6 is 15.9 Å². The summed E-state index contributed by atoms with van der Waals surface area (Å²) in [5, 5.41) is 14.6. The van der Waals surface area contributed by atoms with Crippen molar-refractivity contribution in [1.29, 1.82) is 0 Å². The van der Waals surface area contributed by atoms with Gasteiger partial charge in [0.05, 0.1) is 29.8 Å². The zero-order chi connectivity index (χ0) is 17.5. The van der Waals surface area contributed by atoms with Gasteiger partial charge in [0, 0.05) is 17.7 Å². The maximum Gasteiger partial charge on any atom is 0.269 e. The smallest absolute Gasteiger partial charge is 0.269 e. The van der Waals surface area contributed by atoms with E-state index in [2.05, 4.69) is 21.1 Å². The van der Waals surface area contributed by atoms with Crippen LogP contribution in [0.2, 0.25) is 0 Å². The van der Waals surface area contributed by atoms with Crippen molar-refractivity contribution >= 4 is 27.8 Å². The molecule has 0 bridgehead atoms. The molecule has 24 heavy (non-hydrogen) atoms. The predicted molar refractivity (Wildman–Crippen MR) is 92.7 cm³/mol. The fourth-order valence-corrected chi connectivity index (χ4v) is 2.60. The summed E-state index contributed by atoms with van der Waals surface area (Å²) >= 11 is 3.39. The summed E-state index contributed by atoms with van der Waals surface area (Å²) in [5.41, 5.74) is 1.43. The second kappa shape index (κ2) is 8.30. The molecule has 2 aromatic carbocycles. The Morgan fingerprint density at radius 1 is 1.25 bits per heavy atom. The molecule has 7 nitrogen and oxygen atoms in total. The molecule has 0 aliphatic carbocycles. The molecule has 0 N–H and O–H groups in total. The first-order chi connectivity index (χ1) is 11.5. The normalized spacial score (nSPS) is 10.6. The summed E-state index contributed by atoms with van der Waals surface area (Å²) in [7, 11) is 3.10. The van der Waals surface area contributed by atoms with E-state index in [1.165, 1.54) is 18.3 Å². The molecule has 0 aliphatic rings. The molecule has 126 valence electrons. The second-order valence-electron chi connectivity index (χ2n) is 4.67. The lowest BCUT2D eigenvalue weighted by Crippen LogP contribution is -1.94. The Hall–Kier alpha value is -2.61. The number of hydrogen-bond donors (Lipinski definition) is 0. The maximum absolute atomic E-state index is 10.7. The standard InChI is InChI=1S/C16H15BrN2O5/c1-22-15-8-12(7-14(17)16(15)23-2)9-18-24-10-11-4-3-5-13(6-11)19(20)21/h3-9H,10H2,1-2H3/b18-9+. The number of ether oxygens (including phenoxy) is 2. The summed E-state index contributed by atoms with van der Waals surface area (Å²) in [5.74, 6) is 1.15. The molecule has 2 aromatic rings. The number of non-ortho nitro benzene ring substituents is 1. The van der Waals surface area contributed by atoms with Crippen LogP contribution in [0.15, 0.2) is 46.0 Å². The van der Waals surface area contributed by atoms with Gasteiger partial charge in [0.1, 0.15) is 6.61 Å². The van der Waals surface area contributed by atoms with Gasteiger partial charge < -0.3 is 14.3 Å². The molecule has 0 aliphatic heterocycles. The average Bonchev–Trinajstić information content (AvgIpc) is 2.58. The van der Waals surface area contributed by atoms with Gasteiger partial charge in [-0.3, -0.25) is 10.1 Å². The van der Waals surface area contributed by atoms with Crippen molar-refractivity contribution in [2.75, 3.05) is 14.2 Å². The van der Waals surface area contributed by atoms with Gasteiger partial charge in [-0.1, -0.05) is 17.3 Å². The molecule has 0 fully saturated rings. The van der Waals surface area contributed by atoms with E-state index in [1.54, 1.807) is 32.4 Å². The summed E-state index contributed by atoms with van der Waals surface area (Å²) in [6.45, 7) is 0.132. The lowest BCUT2D eigenvalue weighted by atomic mass is 10.2. The van der Waals surface area contributed by atoms with Crippen molar-refractivity contribution in [1.82, 2.24) is 0 Å². The van der Waals surface area contributed by atoms with E-state index in [1.807, 2.05) is 6.07 Å². The number of rotatable bonds is 7. The van der Waals surface area contributed by atoms with Gasteiger partial charge in [-0.25, -0.2) is 0 Å². The molecular weight excluding hydrogens is 380 g/mol. The first-order valence-electron chi connectivity index (χ1n) is 6.85. The largest absolute Gasteiger partial charge is 0.493 e. The minimum atomic E-state index is -0.450. The van der Waals surface area contributed by atoms with Crippen LogP contribution in [0.4, 0.5) is 5.69 Å². The molecule has 0 saturated carbocycles. The molecule has 2 rings (SSSR count). The zero-order valence-electron chi connectivity index (χ0n) is 13.1. The van der Waals surface area contributed by atoms with Gasteiger partial charge >= 0.3 is 0 Å². The van der Waals surface area contributed by atoms with E-state index in [0.717, 1.165) is 10.0 Å². The first kappa shape index (κ1) is 17.7. The Morgan fingerprint density at radius 2 is 2.04 bits per heavy atom. The highest BCUT2D eigenvalue weighted by atomic mass is 79.9. The van der Waals surface area contributed by atoms with Crippen LogP contribution in [-0.2, 0) is 11.4 Å². The Kier molecular flexibility index (Phi) is 6.14. The monoisotopic (exact) mass is 394 g/mol. The summed E-state index contributed by atoms with van der Waals surface area (Å²) in [6, 6.07) is 9.77. The van der Waals surface area contributed by atoms with Crippen LogP contribution in [0.25, 0.3) is 0 Å². The number of nitro benzene ring substituents is 1. The van der Waals surface area contributed by atoms with Crippen molar-refractivity contribution in [2.45, 2.75) is 6.61 Å². The van der Waals surface area contributed by atoms with Crippen LogP contribution in [0.1, 0.15) is 11.1 Å². The number of nitro groups is 1. The number of benzene rings is 2. The van der Waals surface area contributed by atoms with Crippen molar-refractivity contribution in [3.05, 3.63) is 62.1 Å². The fraction of sp³-hybridized carbons (Fsp3) is 0.188. The molecule has 0 saturated heterocycles. The summed E-state index contributed by atoms with van der Waals surface area (Å²) < 4.78 is 11.2. The van der Waals surface area contributed by atoms with Crippen LogP contribution in [0.5, 0.6) is 11.5 Å². The molecule has 0 amide bonds. The minimum absolute atomic E-state index is 0.0175. The number of hydrogen-bond acceptors (Lipinski definition) is 6. The van der Waals surface area contributed by atoms with Crippen molar-refractivity contribution < 1.29 is 19.2 Å². The van der Waals surface area contributed by atoms with Crippen LogP contribution in [-0.4, -0.2) is 25.4 Å². The lowest BCUT2D eigenvalue weighted by Gasteiger charge is -2.10. The lowest BCUT2D eigenvalue weighted by molar-refractivity contribution is -0.384. The van der Waals surface area contributed by atoms with Gasteiger partial charge in [-0.05, 0) is 33.6 Å². The van der Waals surface area contributed by atoms with Gasteiger partial charge in [0.25, 0.3) is 5.69 Å². The van der Waals surface area contributed by atoms with Gasteiger partial charge in [-0.2, -0.15) is 0 Å². The predicted octanol–water partition coefficient (Wildman–Crippen LogP) is 3.93. The van der Waals surface area contributed by atoms with E-state index >= 15 is 0 Å². The molecule has 0 atom stereocenters. The first-order valence-corrected chi connectivity index (χ1v) is 7.64. The molecule has 0 spiro atoms. The highest BCUT2D eigenvalue weighted by Crippen LogP contribution is 2.35. The minimum Gasteiger partial charge on any atom is -0.493 e. The number of nitrogens with zero attached hydrogens (tertiary/aromatic N) is 2. The third-order valence-electron chi connectivity index (χ3n) is 3.08. The Bertz CT molecular complexity index is 764. The summed E-state index contributed by atoms with van der Waals surface area (Å²) in [4.78, 5) is 15.5. The van der Waals surface area contributed by atoms with E-state index in [4.69, 9.17) is 14.3 Å². The van der Waals surface area contributed by atoms with E-state index in [0.29, 0.717) is 17.1 Å². The highest BCUT2D eigenvalue weighted by molar-refractivity contribution is 9.10. The van der Waals surface area contributed by atoms with Crippen LogP contribution in [0, 0.1) is 10.1 Å². The van der Waals surface area contributed by atoms with Crippen molar-refractivity contribution in [2.24, 2.45) is 5.16 Å². The Balaban J connectivity index is 2.03. The van der Waals surface area contributed by atoms with Crippen LogP contribution < -0.4 is 9.47 Å². The quantitative estimate of drug-likeness (QED) is 0.403. The summed E-state index contributed by atoms with van der Waals surface area (Å²) in [6.07, 6.45) is 1.52. The van der Waals surface area contributed by atoms with Gasteiger partial charge in [0.2, 0.25) is 0 Å². The van der Waals surface area contributed by atoms with E-state index in [-0.39, 0.29) is 12.3 Å². The van der Waals surface area contributed by atoms with Gasteiger partial charge in [-0.15, -0.1) is 0 Å². The molecule has 0 unspecified atom stereocenters. The number of methoxy groups -OCH3 is 2. The Morgan fingerprint density at radius 3 is 2.71 bits per heavy atom. The highest BCUT2D eigenvalue weighted by Gasteiger charge is 2.09. The van der Waals surface area contributed by atoms with E-state index < -0.39 is 4.92 Å². The van der Waals surface area contributed by atoms with Crippen molar-refractivity contribution in [3.8, 4) is 11.5 Å². The molecule has 8 heteroatoms. The van der Waals surface area contributed by atoms with Gasteiger partial charge in [0.15, 0.2) is 11.5 Å². The molecular formula is C16H15BrN2O5. The van der Waals surface area contributed by atoms with E-state index in [9.17, 15) is 10.1 Å². The fourth-order valence-electron chi connectivity index (χ4n) is 1.98. The topological polar surface area (TPSA) is 83.2 Å². The SMILES string of the molecule is COc1cc(/C=N/OCc2cccc([N+](=O)[O-])c2)cc(Br)c1OC. The van der Waals surface area contributed by atoms with Crippen molar-refractivity contribution in [3.63, 3.8) is 0 Å². The second-order valence-corrected chi connectivity index (χ2v) is 5.53. The zero-order valence-corrected chi connectivity index (χ0v) is 14.6. The molecule has 0 heterocycles. The maximum atomic E-state index is 10.7. The number of halogens is 1.